The number of aromatic nitrogens is 1. The Labute approximate surface area is 169 Å². The number of carbonyl (C=O) groups is 2. The first-order valence-electron chi connectivity index (χ1n) is 9.25. The molecule has 1 aliphatic rings. The molecule has 2 heterocycles. The van der Waals surface area contributed by atoms with Gasteiger partial charge in [-0.1, -0.05) is 30.3 Å². The van der Waals surface area contributed by atoms with Gasteiger partial charge in [0.15, 0.2) is 9.84 Å². The molecular weight excluding hydrogens is 388 g/mol. The molecule has 148 valence electrons. The van der Waals surface area contributed by atoms with E-state index in [0.717, 1.165) is 11.9 Å². The molecule has 0 radical (unpaired) electrons. The van der Waals surface area contributed by atoms with Crippen molar-refractivity contribution in [1.82, 2.24) is 4.57 Å². The van der Waals surface area contributed by atoms with Crippen molar-refractivity contribution in [3.8, 4) is 0 Å². The molecular formula is C22H20N2O4S. The lowest BCUT2D eigenvalue weighted by Crippen LogP contribution is -2.19. The van der Waals surface area contributed by atoms with Crippen LogP contribution in [-0.4, -0.2) is 30.9 Å². The molecule has 1 aliphatic heterocycles. The summed E-state index contributed by atoms with van der Waals surface area (Å²) < 4.78 is 25.0. The van der Waals surface area contributed by atoms with Gasteiger partial charge in [-0.05, 0) is 42.8 Å². The number of hydrogen-bond acceptors (Lipinski definition) is 4. The highest BCUT2D eigenvalue weighted by Gasteiger charge is 2.32. The van der Waals surface area contributed by atoms with Crippen molar-refractivity contribution >= 4 is 27.2 Å². The quantitative estimate of drug-likeness (QED) is 0.657. The van der Waals surface area contributed by atoms with Crippen LogP contribution in [0.5, 0.6) is 0 Å². The van der Waals surface area contributed by atoms with Gasteiger partial charge in [0.25, 0.3) is 0 Å². The first-order valence-corrected chi connectivity index (χ1v) is 11.1. The van der Waals surface area contributed by atoms with Gasteiger partial charge >= 0.3 is 0 Å². The standard InChI is InChI=1S/C22H20N2O4S/c1-29(27,28)17-9-7-16(8-10-17)23-22(26)18-13-14-24-19(18)11-12-20(24)21(25)15-5-3-2-4-6-15/h2-12,18H,13-14H2,1H3,(H,23,26). The van der Waals surface area contributed by atoms with E-state index in [1.807, 2.05) is 28.8 Å². The zero-order valence-corrected chi connectivity index (χ0v) is 16.6. The third-order valence-corrected chi connectivity index (χ3v) is 6.28. The smallest absolute Gasteiger partial charge is 0.233 e. The van der Waals surface area contributed by atoms with Crippen LogP contribution in [0.3, 0.4) is 0 Å². The third-order valence-electron chi connectivity index (χ3n) is 5.15. The Balaban J connectivity index is 1.52. The Hall–Kier alpha value is -3.19. The number of carbonyl (C=O) groups excluding carboxylic acids is 2. The number of anilines is 1. The van der Waals surface area contributed by atoms with E-state index in [0.29, 0.717) is 29.9 Å². The minimum atomic E-state index is -3.28. The molecule has 1 aromatic heterocycles. The van der Waals surface area contributed by atoms with Gasteiger partial charge in [-0.25, -0.2) is 8.42 Å². The number of ketones is 1. The molecule has 3 aromatic rings. The molecule has 29 heavy (non-hydrogen) atoms. The largest absolute Gasteiger partial charge is 0.341 e. The lowest BCUT2D eigenvalue weighted by Gasteiger charge is -2.11. The second kappa shape index (κ2) is 7.33. The first kappa shape index (κ1) is 19.1. The van der Waals surface area contributed by atoms with E-state index in [4.69, 9.17) is 0 Å². The van der Waals surface area contributed by atoms with E-state index < -0.39 is 9.84 Å². The van der Waals surface area contributed by atoms with Gasteiger partial charge < -0.3 is 9.88 Å². The van der Waals surface area contributed by atoms with Gasteiger partial charge in [-0.3, -0.25) is 9.59 Å². The minimum Gasteiger partial charge on any atom is -0.341 e. The summed E-state index contributed by atoms with van der Waals surface area (Å²) >= 11 is 0. The molecule has 1 amide bonds. The zero-order valence-electron chi connectivity index (χ0n) is 15.8. The normalized spacial score (nSPS) is 15.7. The van der Waals surface area contributed by atoms with Gasteiger partial charge in [-0.15, -0.1) is 0 Å². The second-order valence-electron chi connectivity index (χ2n) is 7.12. The summed E-state index contributed by atoms with van der Waals surface area (Å²) in [6.45, 7) is 0.599. The molecule has 1 atom stereocenters. The summed E-state index contributed by atoms with van der Waals surface area (Å²) in [7, 11) is -3.28. The Morgan fingerprint density at radius 3 is 2.31 bits per heavy atom. The molecule has 0 saturated heterocycles. The molecule has 4 rings (SSSR count). The lowest BCUT2D eigenvalue weighted by molar-refractivity contribution is -0.117. The second-order valence-corrected chi connectivity index (χ2v) is 9.13. The van der Waals surface area contributed by atoms with Crippen LogP contribution in [0, 0.1) is 0 Å². The predicted molar refractivity (Wildman–Crippen MR) is 110 cm³/mol. The predicted octanol–water partition coefficient (Wildman–Crippen LogP) is 3.25. The van der Waals surface area contributed by atoms with Crippen LogP contribution in [0.15, 0.2) is 71.6 Å². The maximum Gasteiger partial charge on any atom is 0.233 e. The lowest BCUT2D eigenvalue weighted by atomic mass is 10.0. The number of rotatable bonds is 5. The van der Waals surface area contributed by atoms with Gasteiger partial charge in [-0.2, -0.15) is 0 Å². The van der Waals surface area contributed by atoms with Crippen LogP contribution in [0.25, 0.3) is 0 Å². The van der Waals surface area contributed by atoms with E-state index in [9.17, 15) is 18.0 Å². The number of fused-ring (bicyclic) bond motifs is 1. The number of nitrogens with zero attached hydrogens (tertiary/aromatic N) is 1. The Bertz CT molecular complexity index is 1180. The zero-order chi connectivity index (χ0) is 20.6. The van der Waals surface area contributed by atoms with E-state index in [1.54, 1.807) is 30.3 Å². The fraction of sp³-hybridized carbons (Fsp3) is 0.182. The van der Waals surface area contributed by atoms with E-state index in [-0.39, 0.29) is 22.5 Å². The van der Waals surface area contributed by atoms with Crippen molar-refractivity contribution < 1.29 is 18.0 Å². The Morgan fingerprint density at radius 2 is 1.66 bits per heavy atom. The number of benzene rings is 2. The summed E-state index contributed by atoms with van der Waals surface area (Å²) in [6, 6.07) is 18.8. The van der Waals surface area contributed by atoms with E-state index in [2.05, 4.69) is 5.32 Å². The fourth-order valence-electron chi connectivity index (χ4n) is 3.66. The van der Waals surface area contributed by atoms with Crippen molar-refractivity contribution in [3.05, 3.63) is 83.7 Å². The maximum absolute atomic E-state index is 12.8. The van der Waals surface area contributed by atoms with Crippen LogP contribution >= 0.6 is 0 Å². The highest BCUT2D eigenvalue weighted by atomic mass is 32.2. The molecule has 6 nitrogen and oxygen atoms in total. The summed E-state index contributed by atoms with van der Waals surface area (Å²) in [6.07, 6.45) is 1.75. The number of hydrogen-bond donors (Lipinski definition) is 1. The SMILES string of the molecule is CS(=O)(=O)c1ccc(NC(=O)C2CCn3c(C(=O)c4ccccc4)ccc32)cc1. The summed E-state index contributed by atoms with van der Waals surface area (Å²) in [5.41, 5.74) is 2.55. The molecule has 0 aliphatic carbocycles. The maximum atomic E-state index is 12.8. The summed E-state index contributed by atoms with van der Waals surface area (Å²) in [5, 5.41) is 2.84. The highest BCUT2D eigenvalue weighted by molar-refractivity contribution is 7.90. The van der Waals surface area contributed by atoms with Crippen molar-refractivity contribution in [1.29, 1.82) is 0 Å². The van der Waals surface area contributed by atoms with Crippen molar-refractivity contribution in [2.75, 3.05) is 11.6 Å². The van der Waals surface area contributed by atoms with Gasteiger partial charge in [0.05, 0.1) is 16.5 Å². The number of nitrogens with one attached hydrogen (secondary N) is 1. The van der Waals surface area contributed by atoms with E-state index in [1.165, 1.54) is 12.1 Å². The Kier molecular flexibility index (Phi) is 4.84. The fourth-order valence-corrected chi connectivity index (χ4v) is 4.29. The van der Waals surface area contributed by atoms with Crippen LogP contribution in [0.4, 0.5) is 5.69 Å². The van der Waals surface area contributed by atoms with Crippen LogP contribution in [0.1, 0.15) is 34.1 Å². The molecule has 0 saturated carbocycles. The molecule has 1 unspecified atom stereocenters. The van der Waals surface area contributed by atoms with Gasteiger partial charge in [0.2, 0.25) is 11.7 Å². The average Bonchev–Trinajstić information content (AvgIpc) is 3.30. The van der Waals surface area contributed by atoms with E-state index >= 15 is 0 Å². The van der Waals surface area contributed by atoms with Crippen molar-refractivity contribution in [2.45, 2.75) is 23.8 Å². The van der Waals surface area contributed by atoms with Crippen LogP contribution < -0.4 is 5.32 Å². The van der Waals surface area contributed by atoms with Gasteiger partial charge in [0, 0.05) is 29.7 Å². The molecule has 0 spiro atoms. The molecule has 1 N–H and O–H groups in total. The highest BCUT2D eigenvalue weighted by Crippen LogP contribution is 2.32. The minimum absolute atomic E-state index is 0.0609. The monoisotopic (exact) mass is 408 g/mol. The number of sulfone groups is 1. The molecule has 0 fully saturated rings. The molecule has 7 heteroatoms. The van der Waals surface area contributed by atoms with Crippen LogP contribution in [-0.2, 0) is 21.2 Å². The molecule has 0 bridgehead atoms. The first-order chi connectivity index (χ1) is 13.8. The summed E-state index contributed by atoms with van der Waals surface area (Å²) in [4.78, 5) is 25.8. The van der Waals surface area contributed by atoms with Crippen LogP contribution in [0.2, 0.25) is 0 Å². The Morgan fingerprint density at radius 1 is 0.966 bits per heavy atom. The number of amides is 1. The topological polar surface area (TPSA) is 85.2 Å². The van der Waals surface area contributed by atoms with Crippen molar-refractivity contribution in [3.63, 3.8) is 0 Å². The third kappa shape index (κ3) is 3.73. The average molecular weight is 408 g/mol. The van der Waals surface area contributed by atoms with Crippen molar-refractivity contribution in [2.24, 2.45) is 0 Å². The van der Waals surface area contributed by atoms with Gasteiger partial charge in [0.1, 0.15) is 0 Å². The summed E-state index contributed by atoms with van der Waals surface area (Å²) in [5.74, 6) is -0.594. The molecule has 2 aromatic carbocycles.